The minimum atomic E-state index is -4.19. The fourth-order valence-corrected chi connectivity index (χ4v) is 1.76. The Kier molecular flexibility index (Phi) is 2.71. The first kappa shape index (κ1) is 11.2. The third kappa shape index (κ3) is 2.67. The number of carboxylic acid groups (broad SMARTS) is 1. The van der Waals surface area contributed by atoms with Gasteiger partial charge in [-0.15, -0.1) is 0 Å². The lowest BCUT2D eigenvalue weighted by atomic mass is 10.1. The van der Waals surface area contributed by atoms with Gasteiger partial charge in [0.2, 0.25) is 0 Å². The lowest BCUT2D eigenvalue weighted by molar-refractivity contribution is 0.146. The molecule has 0 aliphatic carbocycles. The van der Waals surface area contributed by atoms with E-state index in [4.69, 9.17) is 5.11 Å². The van der Waals surface area contributed by atoms with E-state index in [0.717, 1.165) is 0 Å². The molecule has 0 radical (unpaired) electrons. The molecule has 72 valence electrons. The molecule has 0 rings (SSSR count). The molecule has 0 saturated heterocycles. The van der Waals surface area contributed by atoms with Crippen LogP contribution in [-0.4, -0.2) is 29.5 Å². The van der Waals surface area contributed by atoms with Crippen LogP contribution in [0.2, 0.25) is 0 Å². The van der Waals surface area contributed by atoms with Crippen LogP contribution in [0.15, 0.2) is 0 Å². The van der Waals surface area contributed by atoms with Gasteiger partial charge in [0.05, 0.1) is 5.54 Å². The van der Waals surface area contributed by atoms with Crippen molar-refractivity contribution in [2.75, 3.05) is 0 Å². The van der Waals surface area contributed by atoms with Crippen molar-refractivity contribution in [3.8, 4) is 0 Å². The van der Waals surface area contributed by atoms with Crippen LogP contribution in [0.5, 0.6) is 0 Å². The summed E-state index contributed by atoms with van der Waals surface area (Å²) in [6, 6.07) is 0. The Hall–Kier alpha value is -0.820. The average molecular weight is 196 g/mol. The number of nitrogens with two attached hydrogens (primary N) is 1. The monoisotopic (exact) mass is 196 g/mol. The zero-order valence-electron chi connectivity index (χ0n) is 7.10. The van der Waals surface area contributed by atoms with Crippen molar-refractivity contribution < 1.29 is 18.3 Å². The Morgan fingerprint density at radius 1 is 1.42 bits per heavy atom. The Bertz CT molecular complexity index is 276. The fraction of sp³-hybridized carbons (Fsp3) is 0.800. The van der Waals surface area contributed by atoms with Crippen molar-refractivity contribution in [1.29, 1.82) is 0 Å². The van der Waals surface area contributed by atoms with Gasteiger partial charge in [-0.2, -0.15) is 12.7 Å². The highest BCUT2D eigenvalue weighted by Crippen LogP contribution is 2.15. The van der Waals surface area contributed by atoms with E-state index < -0.39 is 21.8 Å². The molecule has 0 saturated carbocycles. The van der Waals surface area contributed by atoms with Crippen LogP contribution in [0.4, 0.5) is 4.79 Å². The molecule has 3 N–H and O–H groups in total. The standard InChI is InChI=1S/C5H12N2O4S/c1-5(2,3)7(4(8)9)12(6,10)11/h1-3H3,(H,8,9)(H2,6,10,11). The Morgan fingerprint density at radius 2 is 1.75 bits per heavy atom. The van der Waals surface area contributed by atoms with Gasteiger partial charge in [0, 0.05) is 0 Å². The van der Waals surface area contributed by atoms with E-state index in [9.17, 15) is 13.2 Å². The summed E-state index contributed by atoms with van der Waals surface area (Å²) in [5.41, 5.74) is -1.06. The van der Waals surface area contributed by atoms with Crippen molar-refractivity contribution in [3.05, 3.63) is 0 Å². The van der Waals surface area contributed by atoms with Crippen molar-refractivity contribution in [2.45, 2.75) is 26.3 Å². The van der Waals surface area contributed by atoms with Gasteiger partial charge in [-0.3, -0.25) is 0 Å². The first-order chi connectivity index (χ1) is 5.07. The number of hydrogen-bond acceptors (Lipinski definition) is 3. The molecule has 6 nitrogen and oxygen atoms in total. The Morgan fingerprint density at radius 3 is 1.75 bits per heavy atom. The minimum Gasteiger partial charge on any atom is -0.464 e. The van der Waals surface area contributed by atoms with E-state index in [1.54, 1.807) is 0 Å². The molecule has 0 spiro atoms. The summed E-state index contributed by atoms with van der Waals surface area (Å²) in [6.45, 7) is 4.31. The number of hydrogen-bond donors (Lipinski definition) is 2. The van der Waals surface area contributed by atoms with E-state index in [1.807, 2.05) is 0 Å². The normalized spacial score (nSPS) is 12.7. The molecular weight excluding hydrogens is 184 g/mol. The largest absolute Gasteiger partial charge is 0.464 e. The first-order valence-corrected chi connectivity index (χ1v) is 4.63. The summed E-state index contributed by atoms with van der Waals surface area (Å²) in [4.78, 5) is 10.5. The molecule has 0 aromatic heterocycles. The number of amides is 1. The summed E-state index contributed by atoms with van der Waals surface area (Å²) in [6.07, 6.45) is -1.58. The quantitative estimate of drug-likeness (QED) is 0.614. The summed E-state index contributed by atoms with van der Waals surface area (Å²) < 4.78 is 21.7. The molecule has 0 aliphatic rings. The third-order valence-corrected chi connectivity index (χ3v) is 2.25. The summed E-state index contributed by atoms with van der Waals surface area (Å²) in [7, 11) is -4.19. The second-order valence-corrected chi connectivity index (χ2v) is 4.66. The molecule has 0 unspecified atom stereocenters. The highest BCUT2D eigenvalue weighted by molar-refractivity contribution is 7.87. The highest BCUT2D eigenvalue weighted by Gasteiger charge is 2.34. The molecule has 0 bridgehead atoms. The van der Waals surface area contributed by atoms with E-state index in [0.29, 0.717) is 0 Å². The predicted octanol–water partition coefficient (Wildman–Crippen LogP) is -0.0316. The Balaban J connectivity index is 5.11. The molecule has 1 amide bonds. The van der Waals surface area contributed by atoms with E-state index in [-0.39, 0.29) is 4.31 Å². The SMILES string of the molecule is CC(C)(C)N(C(=O)O)S(N)(=O)=O. The molecule has 0 aliphatic heterocycles. The molecular formula is C5H12N2O4S. The van der Waals surface area contributed by atoms with E-state index in [2.05, 4.69) is 5.14 Å². The molecule has 0 aromatic rings. The maximum absolute atomic E-state index is 10.7. The van der Waals surface area contributed by atoms with Gasteiger partial charge in [0.15, 0.2) is 0 Å². The third-order valence-electron chi connectivity index (χ3n) is 1.04. The number of rotatable bonds is 1. The van der Waals surface area contributed by atoms with Crippen LogP contribution in [-0.2, 0) is 10.2 Å². The van der Waals surface area contributed by atoms with Gasteiger partial charge in [-0.1, -0.05) is 0 Å². The van der Waals surface area contributed by atoms with Crippen molar-refractivity contribution >= 4 is 16.3 Å². The molecule has 0 aromatic carbocycles. The van der Waals surface area contributed by atoms with Crippen molar-refractivity contribution in [2.24, 2.45) is 5.14 Å². The van der Waals surface area contributed by atoms with Gasteiger partial charge < -0.3 is 5.11 Å². The summed E-state index contributed by atoms with van der Waals surface area (Å²) in [5, 5.41) is 13.2. The predicted molar refractivity (Wildman–Crippen MR) is 42.7 cm³/mol. The maximum atomic E-state index is 10.7. The lowest BCUT2D eigenvalue weighted by Gasteiger charge is -2.29. The van der Waals surface area contributed by atoms with Crippen LogP contribution >= 0.6 is 0 Å². The van der Waals surface area contributed by atoms with Crippen molar-refractivity contribution in [3.63, 3.8) is 0 Å². The van der Waals surface area contributed by atoms with E-state index in [1.165, 1.54) is 20.8 Å². The zero-order valence-corrected chi connectivity index (χ0v) is 7.92. The summed E-state index contributed by atoms with van der Waals surface area (Å²) in [5.74, 6) is 0. The van der Waals surface area contributed by atoms with Crippen molar-refractivity contribution in [1.82, 2.24) is 4.31 Å². The first-order valence-electron chi connectivity index (χ1n) is 3.13. The molecule has 7 heteroatoms. The molecule has 0 heterocycles. The van der Waals surface area contributed by atoms with Crippen LogP contribution in [0.25, 0.3) is 0 Å². The average Bonchev–Trinajstić information content (AvgIpc) is 1.49. The van der Waals surface area contributed by atoms with Crippen LogP contribution in [0.1, 0.15) is 20.8 Å². The number of nitrogens with zero attached hydrogens (tertiary/aromatic N) is 1. The zero-order chi connectivity index (χ0) is 10.2. The molecule has 0 fully saturated rings. The summed E-state index contributed by atoms with van der Waals surface area (Å²) >= 11 is 0. The van der Waals surface area contributed by atoms with Gasteiger partial charge >= 0.3 is 16.3 Å². The second-order valence-electron chi connectivity index (χ2n) is 3.26. The topological polar surface area (TPSA) is 101 Å². The lowest BCUT2D eigenvalue weighted by Crippen LogP contribution is -2.51. The van der Waals surface area contributed by atoms with Gasteiger partial charge in [0.1, 0.15) is 0 Å². The number of carbonyl (C=O) groups is 1. The smallest absolute Gasteiger partial charge is 0.422 e. The van der Waals surface area contributed by atoms with Gasteiger partial charge in [-0.05, 0) is 20.8 Å². The Labute approximate surface area is 71.2 Å². The minimum absolute atomic E-state index is 0.208. The van der Waals surface area contributed by atoms with Crippen LogP contribution < -0.4 is 5.14 Å². The fourth-order valence-electron chi connectivity index (χ4n) is 0.778. The highest BCUT2D eigenvalue weighted by atomic mass is 32.2. The van der Waals surface area contributed by atoms with Gasteiger partial charge in [0.25, 0.3) is 0 Å². The maximum Gasteiger partial charge on any atom is 0.422 e. The second kappa shape index (κ2) is 2.91. The van der Waals surface area contributed by atoms with Crippen LogP contribution in [0.3, 0.4) is 0 Å². The van der Waals surface area contributed by atoms with E-state index >= 15 is 0 Å². The van der Waals surface area contributed by atoms with Gasteiger partial charge in [-0.25, -0.2) is 9.93 Å². The molecule has 0 atom stereocenters. The van der Waals surface area contributed by atoms with Crippen LogP contribution in [0, 0.1) is 0 Å². The molecule has 12 heavy (non-hydrogen) atoms.